The Kier molecular flexibility index (Phi) is 7.97. The number of methoxy groups -OCH3 is 1. The average Bonchev–Trinajstić information content (AvgIpc) is 2.76. The molecular formula is C22H22Cl2N5O3P. The van der Waals surface area contributed by atoms with Crippen LogP contribution < -0.4 is 26.0 Å². The lowest BCUT2D eigenvalue weighted by molar-refractivity contribution is -0.111. The minimum absolute atomic E-state index is 0.234. The van der Waals surface area contributed by atoms with E-state index in [-0.39, 0.29) is 11.9 Å². The maximum atomic E-state index is 12.7. The first kappa shape index (κ1) is 24.6. The van der Waals surface area contributed by atoms with Crippen molar-refractivity contribution in [2.75, 3.05) is 36.4 Å². The highest BCUT2D eigenvalue weighted by Crippen LogP contribution is 2.39. The van der Waals surface area contributed by atoms with Gasteiger partial charge in [-0.25, -0.2) is 4.98 Å². The van der Waals surface area contributed by atoms with Crippen molar-refractivity contribution in [2.45, 2.75) is 0 Å². The van der Waals surface area contributed by atoms with E-state index in [9.17, 15) is 9.36 Å². The predicted octanol–water partition coefficient (Wildman–Crippen LogP) is 5.56. The number of halogens is 2. The van der Waals surface area contributed by atoms with Crippen LogP contribution >= 0.6 is 30.3 Å². The standard InChI is InChI=1S/C22H22Cl2N5O3P/c1-32-18-9-8-14(26-20(30)10-11-23)12-17(18)28-22-25-13-15(24)21(29-22)27-16-6-4-5-7-19(16)33(2,3)31/h4-13H,1-3H3,(H,26,30)(H2,25,27,28,29). The lowest BCUT2D eigenvalue weighted by Crippen LogP contribution is -2.11. The Hall–Kier alpha value is -3.06. The number of nitrogens with one attached hydrogen (secondary N) is 3. The summed E-state index contributed by atoms with van der Waals surface area (Å²) in [6.07, 6.45) is 2.64. The van der Waals surface area contributed by atoms with Crippen molar-refractivity contribution in [3.63, 3.8) is 0 Å². The van der Waals surface area contributed by atoms with Crippen molar-refractivity contribution in [2.24, 2.45) is 0 Å². The highest BCUT2D eigenvalue weighted by Gasteiger charge is 2.17. The van der Waals surface area contributed by atoms with Gasteiger partial charge in [0, 0.05) is 22.6 Å². The zero-order valence-corrected chi connectivity index (χ0v) is 20.5. The molecule has 1 aromatic heterocycles. The van der Waals surface area contributed by atoms with Gasteiger partial charge in [0.1, 0.15) is 17.9 Å². The van der Waals surface area contributed by atoms with Gasteiger partial charge in [-0.05, 0) is 43.7 Å². The molecule has 33 heavy (non-hydrogen) atoms. The number of rotatable bonds is 8. The van der Waals surface area contributed by atoms with Gasteiger partial charge >= 0.3 is 0 Å². The summed E-state index contributed by atoms with van der Waals surface area (Å²) < 4.78 is 18.1. The zero-order valence-electron chi connectivity index (χ0n) is 18.1. The fourth-order valence-corrected chi connectivity index (χ4v) is 4.34. The number of amides is 1. The first-order chi connectivity index (χ1) is 15.7. The van der Waals surface area contributed by atoms with Crippen molar-refractivity contribution in [3.8, 4) is 5.75 Å². The largest absolute Gasteiger partial charge is 0.495 e. The second kappa shape index (κ2) is 10.7. The van der Waals surface area contributed by atoms with Crippen LogP contribution in [0.5, 0.6) is 5.75 Å². The van der Waals surface area contributed by atoms with E-state index in [1.165, 1.54) is 19.4 Å². The van der Waals surface area contributed by atoms with E-state index in [1.807, 2.05) is 18.2 Å². The Labute approximate surface area is 201 Å². The van der Waals surface area contributed by atoms with Crippen LogP contribution in [0.15, 0.2) is 60.3 Å². The number of hydrogen-bond acceptors (Lipinski definition) is 7. The third-order valence-corrected chi connectivity index (χ3v) is 6.36. The Morgan fingerprint density at radius 3 is 2.58 bits per heavy atom. The molecule has 0 aliphatic heterocycles. The van der Waals surface area contributed by atoms with E-state index in [4.69, 9.17) is 27.9 Å². The molecule has 2 aromatic carbocycles. The molecule has 0 aliphatic rings. The molecule has 0 saturated heterocycles. The molecule has 0 bridgehead atoms. The number of carbonyl (C=O) groups is 1. The molecule has 0 unspecified atom stereocenters. The highest BCUT2D eigenvalue weighted by atomic mass is 35.5. The van der Waals surface area contributed by atoms with Crippen molar-refractivity contribution in [1.29, 1.82) is 0 Å². The zero-order chi connectivity index (χ0) is 24.0. The van der Waals surface area contributed by atoms with Gasteiger partial charge in [-0.1, -0.05) is 35.3 Å². The lowest BCUT2D eigenvalue weighted by Gasteiger charge is -2.16. The topological polar surface area (TPSA) is 105 Å². The van der Waals surface area contributed by atoms with Crippen LogP contribution in [0.4, 0.5) is 28.8 Å². The Bertz CT molecular complexity index is 1250. The monoisotopic (exact) mass is 505 g/mol. The van der Waals surface area contributed by atoms with Gasteiger partial charge in [-0.3, -0.25) is 4.79 Å². The molecule has 3 rings (SSSR count). The molecule has 3 N–H and O–H groups in total. The maximum absolute atomic E-state index is 12.7. The first-order valence-corrected chi connectivity index (χ1v) is 13.1. The number of aromatic nitrogens is 2. The van der Waals surface area contributed by atoms with Gasteiger partial charge in [-0.15, -0.1) is 0 Å². The Morgan fingerprint density at radius 1 is 1.12 bits per heavy atom. The number of ether oxygens (including phenoxy) is 1. The third-order valence-electron chi connectivity index (χ3n) is 4.41. The van der Waals surface area contributed by atoms with E-state index in [0.29, 0.717) is 39.0 Å². The molecule has 11 heteroatoms. The molecule has 8 nitrogen and oxygen atoms in total. The summed E-state index contributed by atoms with van der Waals surface area (Å²) in [5, 5.41) is 9.88. The summed E-state index contributed by atoms with van der Waals surface area (Å²) >= 11 is 11.8. The smallest absolute Gasteiger partial charge is 0.249 e. The number of nitrogens with zero attached hydrogens (tertiary/aromatic N) is 2. The van der Waals surface area contributed by atoms with E-state index in [0.717, 1.165) is 5.54 Å². The van der Waals surface area contributed by atoms with Crippen LogP contribution in [-0.2, 0) is 9.36 Å². The van der Waals surface area contributed by atoms with E-state index in [1.54, 1.807) is 37.6 Å². The molecule has 0 radical (unpaired) electrons. The van der Waals surface area contributed by atoms with Crippen LogP contribution in [0.1, 0.15) is 0 Å². The number of hydrogen-bond donors (Lipinski definition) is 3. The average molecular weight is 506 g/mol. The molecule has 1 heterocycles. The Morgan fingerprint density at radius 2 is 1.88 bits per heavy atom. The highest BCUT2D eigenvalue weighted by molar-refractivity contribution is 7.70. The molecule has 172 valence electrons. The summed E-state index contributed by atoms with van der Waals surface area (Å²) in [4.78, 5) is 20.5. The minimum Gasteiger partial charge on any atom is -0.495 e. The fourth-order valence-electron chi connectivity index (χ4n) is 2.94. The molecule has 0 fully saturated rings. The normalized spacial score (nSPS) is 11.3. The molecule has 0 spiro atoms. The number of carbonyl (C=O) groups excluding carboxylic acids is 1. The summed E-state index contributed by atoms with van der Waals surface area (Å²) in [6.45, 7) is 3.39. The summed E-state index contributed by atoms with van der Waals surface area (Å²) in [7, 11) is -1.01. The second-order valence-electron chi connectivity index (χ2n) is 7.21. The minimum atomic E-state index is -2.54. The number of benzene rings is 2. The van der Waals surface area contributed by atoms with Crippen molar-refractivity contribution in [1.82, 2.24) is 9.97 Å². The van der Waals surface area contributed by atoms with Crippen LogP contribution in [0.2, 0.25) is 5.02 Å². The summed E-state index contributed by atoms with van der Waals surface area (Å²) in [6, 6.07) is 12.3. The number of para-hydroxylation sites is 1. The van der Waals surface area contributed by atoms with Crippen molar-refractivity contribution < 1.29 is 14.1 Å². The molecule has 1 amide bonds. The van der Waals surface area contributed by atoms with Crippen LogP contribution in [-0.4, -0.2) is 36.3 Å². The fraction of sp³-hybridized carbons (Fsp3) is 0.136. The van der Waals surface area contributed by atoms with E-state index >= 15 is 0 Å². The van der Waals surface area contributed by atoms with Gasteiger partial charge in [0.15, 0.2) is 5.82 Å². The van der Waals surface area contributed by atoms with E-state index in [2.05, 4.69) is 25.9 Å². The van der Waals surface area contributed by atoms with Crippen molar-refractivity contribution in [3.05, 3.63) is 65.3 Å². The van der Waals surface area contributed by atoms with Crippen LogP contribution in [0.3, 0.4) is 0 Å². The van der Waals surface area contributed by atoms with Crippen LogP contribution in [0.25, 0.3) is 0 Å². The van der Waals surface area contributed by atoms with Gasteiger partial charge in [0.05, 0.1) is 24.7 Å². The Balaban J connectivity index is 1.90. The number of anilines is 5. The summed E-state index contributed by atoms with van der Waals surface area (Å²) in [5.41, 5.74) is 2.81. The second-order valence-corrected chi connectivity index (χ2v) is 11.0. The van der Waals surface area contributed by atoms with Crippen LogP contribution in [0, 0.1) is 0 Å². The van der Waals surface area contributed by atoms with Gasteiger partial charge in [-0.2, -0.15) is 4.98 Å². The quantitative estimate of drug-likeness (QED) is 0.271. The maximum Gasteiger partial charge on any atom is 0.249 e. The first-order valence-electron chi connectivity index (χ1n) is 9.68. The predicted molar refractivity (Wildman–Crippen MR) is 136 cm³/mol. The molecule has 0 atom stereocenters. The third kappa shape index (κ3) is 6.48. The van der Waals surface area contributed by atoms with Gasteiger partial charge < -0.3 is 25.3 Å². The van der Waals surface area contributed by atoms with Gasteiger partial charge in [0.2, 0.25) is 11.9 Å². The molecule has 0 aliphatic carbocycles. The lowest BCUT2D eigenvalue weighted by atomic mass is 10.2. The van der Waals surface area contributed by atoms with E-state index < -0.39 is 7.14 Å². The molecule has 3 aromatic rings. The SMILES string of the molecule is COc1ccc(NC(=O)C=CCl)cc1Nc1ncc(Cl)c(Nc2ccccc2P(C)(C)=O)n1. The molecule has 0 saturated carbocycles. The van der Waals surface area contributed by atoms with Gasteiger partial charge in [0.25, 0.3) is 0 Å². The van der Waals surface area contributed by atoms with Crippen molar-refractivity contribution >= 4 is 70.4 Å². The summed E-state index contributed by atoms with van der Waals surface area (Å²) in [5.74, 6) is 0.707. The molecular weight excluding hydrogens is 484 g/mol.